The summed E-state index contributed by atoms with van der Waals surface area (Å²) in [5.74, 6) is 0. The van der Waals surface area contributed by atoms with Crippen LogP contribution in [0.25, 0.3) is 10.9 Å². The summed E-state index contributed by atoms with van der Waals surface area (Å²) in [4.78, 5) is 20.4. The van der Waals surface area contributed by atoms with Gasteiger partial charge in [-0.3, -0.25) is 4.90 Å². The monoisotopic (exact) mass is 564 g/mol. The van der Waals surface area contributed by atoms with E-state index in [1.54, 1.807) is 0 Å². The zero-order valence-corrected chi connectivity index (χ0v) is 24.0. The van der Waals surface area contributed by atoms with E-state index in [1.165, 1.54) is 35.0 Å². The van der Waals surface area contributed by atoms with E-state index in [0.717, 1.165) is 70.1 Å². The third-order valence-corrected chi connectivity index (χ3v) is 7.90. The summed E-state index contributed by atoms with van der Waals surface area (Å²) in [6, 6.07) is 19.6. The standard InChI is InChI=1S/C29H37ClN4O.2ClH/c1-2-14-31-16-18-32(19-17-31)29(35)33-15-6-5-8-26(33)21-27-20-24-7-3-4-9-28(24)34(27)22-23-10-12-25(30)13-11-23;;/h3-4,7,9-13,20,26H,2,5-6,8,14-19,21-22H2,1H3;2*1H. The second-order valence-corrected chi connectivity index (χ2v) is 10.5. The maximum Gasteiger partial charge on any atom is 0.320 e. The topological polar surface area (TPSA) is 31.7 Å². The molecule has 2 saturated heterocycles. The largest absolute Gasteiger partial charge is 0.340 e. The number of hydrogen-bond acceptors (Lipinski definition) is 2. The molecular weight excluding hydrogens is 527 g/mol. The number of piperazine rings is 1. The van der Waals surface area contributed by atoms with Gasteiger partial charge in [0.1, 0.15) is 0 Å². The first kappa shape index (κ1) is 29.6. The lowest BCUT2D eigenvalue weighted by molar-refractivity contribution is 0.0888. The van der Waals surface area contributed by atoms with Crippen molar-refractivity contribution in [3.8, 4) is 0 Å². The number of hydrogen-bond donors (Lipinski definition) is 0. The van der Waals surface area contributed by atoms with Crippen LogP contribution in [0.2, 0.25) is 5.02 Å². The third-order valence-electron chi connectivity index (χ3n) is 7.65. The summed E-state index contributed by atoms with van der Waals surface area (Å²) in [5, 5.41) is 2.02. The van der Waals surface area contributed by atoms with Crippen LogP contribution in [0.3, 0.4) is 0 Å². The number of aromatic nitrogens is 1. The molecule has 5 nitrogen and oxygen atoms in total. The fourth-order valence-electron chi connectivity index (χ4n) is 5.76. The SMILES string of the molecule is CCCN1CCN(C(=O)N2CCCCC2Cc2cc3ccccc3n2Cc2ccc(Cl)cc2)CC1.Cl.Cl. The van der Waals surface area contributed by atoms with Crippen molar-refractivity contribution in [2.24, 2.45) is 0 Å². The van der Waals surface area contributed by atoms with Crippen LogP contribution in [0, 0.1) is 0 Å². The predicted octanol–water partition coefficient (Wildman–Crippen LogP) is 6.73. The summed E-state index contributed by atoms with van der Waals surface area (Å²) in [6.07, 6.45) is 5.43. The van der Waals surface area contributed by atoms with Gasteiger partial charge >= 0.3 is 6.03 Å². The van der Waals surface area contributed by atoms with Gasteiger partial charge in [0.15, 0.2) is 0 Å². The molecule has 0 radical (unpaired) electrons. The first-order valence-corrected chi connectivity index (χ1v) is 13.6. The smallest absolute Gasteiger partial charge is 0.320 e. The molecule has 37 heavy (non-hydrogen) atoms. The van der Waals surface area contributed by atoms with Crippen molar-refractivity contribution in [1.29, 1.82) is 0 Å². The second-order valence-electron chi connectivity index (χ2n) is 10.1. The summed E-state index contributed by atoms with van der Waals surface area (Å²) in [5.41, 5.74) is 3.79. The minimum Gasteiger partial charge on any atom is -0.340 e. The van der Waals surface area contributed by atoms with E-state index in [-0.39, 0.29) is 36.9 Å². The molecule has 1 aromatic heterocycles. The number of rotatable bonds is 6. The van der Waals surface area contributed by atoms with E-state index in [2.05, 4.69) is 68.7 Å². The highest BCUT2D eigenvalue weighted by Gasteiger charge is 2.32. The molecule has 2 fully saturated rings. The van der Waals surface area contributed by atoms with Gasteiger partial charge in [0.25, 0.3) is 0 Å². The number of halogens is 3. The van der Waals surface area contributed by atoms with E-state index in [9.17, 15) is 4.79 Å². The number of para-hydroxylation sites is 1. The van der Waals surface area contributed by atoms with Crippen LogP contribution in [0.5, 0.6) is 0 Å². The van der Waals surface area contributed by atoms with Crippen molar-refractivity contribution in [2.75, 3.05) is 39.3 Å². The molecule has 2 aliphatic heterocycles. The molecule has 0 spiro atoms. The van der Waals surface area contributed by atoms with E-state index < -0.39 is 0 Å². The van der Waals surface area contributed by atoms with Crippen molar-refractivity contribution in [3.63, 3.8) is 0 Å². The zero-order chi connectivity index (χ0) is 24.2. The molecule has 2 aromatic carbocycles. The van der Waals surface area contributed by atoms with Crippen LogP contribution in [0.15, 0.2) is 54.6 Å². The fourth-order valence-corrected chi connectivity index (χ4v) is 5.89. The van der Waals surface area contributed by atoms with Crippen molar-refractivity contribution in [3.05, 3.63) is 70.9 Å². The van der Waals surface area contributed by atoms with Crippen molar-refractivity contribution < 1.29 is 4.79 Å². The van der Waals surface area contributed by atoms with Crippen LogP contribution in [0.4, 0.5) is 4.79 Å². The quantitative estimate of drug-likeness (QED) is 0.332. The Kier molecular flexibility index (Phi) is 11.0. The molecule has 3 heterocycles. The molecule has 0 saturated carbocycles. The van der Waals surface area contributed by atoms with E-state index in [1.807, 2.05) is 12.1 Å². The number of urea groups is 1. The van der Waals surface area contributed by atoms with Gasteiger partial charge in [0, 0.05) is 68.0 Å². The minimum absolute atomic E-state index is 0. The third kappa shape index (κ3) is 6.94. The lowest BCUT2D eigenvalue weighted by atomic mass is 9.98. The molecule has 1 unspecified atom stereocenters. The number of piperidine rings is 1. The van der Waals surface area contributed by atoms with Gasteiger partial charge in [-0.05, 0) is 67.4 Å². The molecule has 2 aliphatic rings. The zero-order valence-electron chi connectivity index (χ0n) is 21.7. The number of benzene rings is 2. The van der Waals surface area contributed by atoms with Gasteiger partial charge in [-0.1, -0.05) is 48.9 Å². The van der Waals surface area contributed by atoms with Crippen LogP contribution in [-0.4, -0.2) is 70.6 Å². The molecule has 202 valence electrons. The van der Waals surface area contributed by atoms with Crippen LogP contribution in [0.1, 0.15) is 43.9 Å². The number of carbonyl (C=O) groups is 1. The highest BCUT2D eigenvalue weighted by Crippen LogP contribution is 2.27. The summed E-state index contributed by atoms with van der Waals surface area (Å²) in [6.45, 7) is 8.71. The average molecular weight is 566 g/mol. The van der Waals surface area contributed by atoms with Crippen molar-refractivity contribution in [2.45, 2.75) is 51.6 Å². The van der Waals surface area contributed by atoms with E-state index >= 15 is 0 Å². The first-order chi connectivity index (χ1) is 17.1. The molecule has 0 bridgehead atoms. The van der Waals surface area contributed by atoms with E-state index in [4.69, 9.17) is 11.6 Å². The maximum atomic E-state index is 13.6. The van der Waals surface area contributed by atoms with E-state index in [0.29, 0.717) is 0 Å². The normalized spacial score (nSPS) is 18.4. The summed E-state index contributed by atoms with van der Waals surface area (Å²) < 4.78 is 2.43. The number of fused-ring (bicyclic) bond motifs is 1. The van der Waals surface area contributed by atoms with Crippen molar-refractivity contribution >= 4 is 53.3 Å². The molecule has 5 rings (SSSR count). The van der Waals surface area contributed by atoms with Gasteiger partial charge in [-0.25, -0.2) is 4.79 Å². The Balaban J connectivity index is 0.00000190. The number of amides is 2. The second kappa shape index (κ2) is 13.7. The van der Waals surface area contributed by atoms with Gasteiger partial charge < -0.3 is 14.4 Å². The predicted molar refractivity (Wildman–Crippen MR) is 159 cm³/mol. The highest BCUT2D eigenvalue weighted by atomic mass is 35.5. The average Bonchev–Trinajstić information content (AvgIpc) is 3.23. The van der Waals surface area contributed by atoms with Crippen LogP contribution >= 0.6 is 36.4 Å². The number of carbonyl (C=O) groups excluding carboxylic acids is 1. The fraction of sp³-hybridized carbons (Fsp3) is 0.483. The summed E-state index contributed by atoms with van der Waals surface area (Å²) >= 11 is 6.13. The molecular formula is C29H39Cl3N4O. The van der Waals surface area contributed by atoms with Gasteiger partial charge in [0.2, 0.25) is 0 Å². The number of likely N-dealkylation sites (tertiary alicyclic amines) is 1. The van der Waals surface area contributed by atoms with Crippen LogP contribution < -0.4 is 0 Å². The number of nitrogens with zero attached hydrogens (tertiary/aromatic N) is 4. The first-order valence-electron chi connectivity index (χ1n) is 13.2. The molecule has 3 aromatic rings. The molecule has 8 heteroatoms. The Morgan fingerprint density at radius 3 is 2.41 bits per heavy atom. The molecule has 2 amide bonds. The Bertz CT molecular complexity index is 1140. The van der Waals surface area contributed by atoms with Gasteiger partial charge in [0.05, 0.1) is 0 Å². The van der Waals surface area contributed by atoms with Crippen molar-refractivity contribution in [1.82, 2.24) is 19.3 Å². The lowest BCUT2D eigenvalue weighted by Gasteiger charge is -2.42. The minimum atomic E-state index is 0. The Hall–Kier alpha value is -1.92. The van der Waals surface area contributed by atoms with Gasteiger partial charge in [-0.2, -0.15) is 0 Å². The summed E-state index contributed by atoms with van der Waals surface area (Å²) in [7, 11) is 0. The Morgan fingerprint density at radius 1 is 0.946 bits per heavy atom. The maximum absolute atomic E-state index is 13.6. The molecule has 0 aliphatic carbocycles. The lowest BCUT2D eigenvalue weighted by Crippen LogP contribution is -2.56. The molecule has 0 N–H and O–H groups in total. The van der Waals surface area contributed by atoms with Gasteiger partial charge in [-0.15, -0.1) is 24.8 Å². The Morgan fingerprint density at radius 2 is 1.68 bits per heavy atom. The highest BCUT2D eigenvalue weighted by molar-refractivity contribution is 6.30. The van der Waals surface area contributed by atoms with Crippen LogP contribution in [-0.2, 0) is 13.0 Å². The Labute approximate surface area is 238 Å². The molecule has 1 atom stereocenters.